The van der Waals surface area contributed by atoms with Gasteiger partial charge < -0.3 is 5.73 Å². The summed E-state index contributed by atoms with van der Waals surface area (Å²) in [5.74, 6) is 0. The molecule has 0 aromatic heterocycles. The lowest BCUT2D eigenvalue weighted by Crippen LogP contribution is -2.23. The molecule has 1 aromatic rings. The quantitative estimate of drug-likeness (QED) is 0.755. The molecule has 1 atom stereocenters. The van der Waals surface area contributed by atoms with Crippen LogP contribution < -0.4 is 5.73 Å². The molecule has 0 fully saturated rings. The average molecular weight is 255 g/mol. The van der Waals surface area contributed by atoms with Crippen molar-refractivity contribution in [3.63, 3.8) is 0 Å². The molecule has 0 aliphatic heterocycles. The zero-order valence-corrected chi connectivity index (χ0v) is 11.6. The Bertz CT molecular complexity index is 328. The number of benzene rings is 1. The van der Waals surface area contributed by atoms with Crippen LogP contribution in [-0.4, -0.2) is 25.0 Å². The third kappa shape index (κ3) is 4.66. The monoisotopic (exact) mass is 254 g/mol. The Morgan fingerprint density at radius 3 is 2.59 bits per heavy atom. The molecule has 0 heterocycles. The SMILES string of the molecule is CC(c1ccccc1Cl)N(C)CCCCCN. The van der Waals surface area contributed by atoms with Gasteiger partial charge in [0.1, 0.15) is 0 Å². The molecule has 0 spiro atoms. The number of rotatable bonds is 7. The smallest absolute Gasteiger partial charge is 0.0453 e. The summed E-state index contributed by atoms with van der Waals surface area (Å²) in [4.78, 5) is 2.34. The molecule has 0 bridgehead atoms. The van der Waals surface area contributed by atoms with Gasteiger partial charge in [0.15, 0.2) is 0 Å². The summed E-state index contributed by atoms with van der Waals surface area (Å²) >= 11 is 6.20. The van der Waals surface area contributed by atoms with E-state index in [2.05, 4.69) is 24.9 Å². The highest BCUT2D eigenvalue weighted by molar-refractivity contribution is 6.31. The fourth-order valence-corrected chi connectivity index (χ4v) is 2.22. The van der Waals surface area contributed by atoms with Crippen molar-refractivity contribution in [1.29, 1.82) is 0 Å². The van der Waals surface area contributed by atoms with Gasteiger partial charge in [-0.2, -0.15) is 0 Å². The summed E-state index contributed by atoms with van der Waals surface area (Å²) < 4.78 is 0. The van der Waals surface area contributed by atoms with Gasteiger partial charge in [-0.1, -0.05) is 36.2 Å². The van der Waals surface area contributed by atoms with Crippen LogP contribution in [0.1, 0.15) is 37.8 Å². The van der Waals surface area contributed by atoms with Crippen molar-refractivity contribution in [2.75, 3.05) is 20.1 Å². The average Bonchev–Trinajstić information content (AvgIpc) is 2.34. The number of unbranched alkanes of at least 4 members (excludes halogenated alkanes) is 2. The van der Waals surface area contributed by atoms with Crippen LogP contribution in [0.2, 0.25) is 5.02 Å². The predicted octanol–water partition coefficient (Wildman–Crippen LogP) is 3.46. The molecule has 96 valence electrons. The Morgan fingerprint density at radius 1 is 1.24 bits per heavy atom. The summed E-state index contributed by atoms with van der Waals surface area (Å²) in [5, 5.41) is 0.855. The van der Waals surface area contributed by atoms with Crippen molar-refractivity contribution in [2.45, 2.75) is 32.2 Å². The van der Waals surface area contributed by atoms with Crippen LogP contribution >= 0.6 is 11.6 Å². The predicted molar refractivity (Wildman–Crippen MR) is 75.4 cm³/mol. The second kappa shape index (κ2) is 7.70. The maximum Gasteiger partial charge on any atom is 0.0453 e. The van der Waals surface area contributed by atoms with E-state index in [0.29, 0.717) is 6.04 Å². The summed E-state index contributed by atoms with van der Waals surface area (Å²) in [5.41, 5.74) is 6.69. The van der Waals surface area contributed by atoms with Crippen LogP contribution in [-0.2, 0) is 0 Å². The standard InChI is InChI=1S/C14H23ClN2/c1-12(13-8-4-5-9-14(13)15)17(2)11-7-3-6-10-16/h4-5,8-9,12H,3,6-7,10-11,16H2,1-2H3. The van der Waals surface area contributed by atoms with Crippen LogP contribution in [0.5, 0.6) is 0 Å². The Hall–Kier alpha value is -0.570. The second-order valence-corrected chi connectivity index (χ2v) is 4.93. The topological polar surface area (TPSA) is 29.3 Å². The summed E-state index contributed by atoms with van der Waals surface area (Å²) in [6, 6.07) is 8.43. The highest BCUT2D eigenvalue weighted by atomic mass is 35.5. The van der Waals surface area contributed by atoms with E-state index in [0.717, 1.165) is 24.5 Å². The largest absolute Gasteiger partial charge is 0.330 e. The minimum atomic E-state index is 0.363. The van der Waals surface area contributed by atoms with Gasteiger partial charge >= 0.3 is 0 Å². The van der Waals surface area contributed by atoms with Crippen molar-refractivity contribution < 1.29 is 0 Å². The molecular formula is C14H23ClN2. The van der Waals surface area contributed by atoms with Gasteiger partial charge in [0.05, 0.1) is 0 Å². The fourth-order valence-electron chi connectivity index (χ4n) is 1.93. The molecule has 0 saturated carbocycles. The molecule has 1 unspecified atom stereocenters. The van der Waals surface area contributed by atoms with Crippen molar-refractivity contribution in [2.24, 2.45) is 5.73 Å². The van der Waals surface area contributed by atoms with Crippen molar-refractivity contribution in [1.82, 2.24) is 4.90 Å². The molecule has 1 rings (SSSR count). The zero-order valence-electron chi connectivity index (χ0n) is 10.8. The molecule has 0 amide bonds. The van der Waals surface area contributed by atoms with Crippen LogP contribution in [0.4, 0.5) is 0 Å². The molecule has 17 heavy (non-hydrogen) atoms. The second-order valence-electron chi connectivity index (χ2n) is 4.53. The van der Waals surface area contributed by atoms with Gasteiger partial charge in [-0.15, -0.1) is 0 Å². The molecule has 0 saturated heterocycles. The van der Waals surface area contributed by atoms with E-state index >= 15 is 0 Å². The first kappa shape index (κ1) is 14.5. The van der Waals surface area contributed by atoms with E-state index in [9.17, 15) is 0 Å². The molecule has 1 aromatic carbocycles. The van der Waals surface area contributed by atoms with Crippen LogP contribution in [0.3, 0.4) is 0 Å². The van der Waals surface area contributed by atoms with Crippen LogP contribution in [0.15, 0.2) is 24.3 Å². The first-order valence-corrected chi connectivity index (χ1v) is 6.69. The van der Waals surface area contributed by atoms with E-state index in [1.807, 2.05) is 18.2 Å². The number of hydrogen-bond acceptors (Lipinski definition) is 2. The fraction of sp³-hybridized carbons (Fsp3) is 0.571. The first-order chi connectivity index (χ1) is 8.16. The summed E-state index contributed by atoms with van der Waals surface area (Å²) in [6.07, 6.45) is 3.52. The molecule has 3 heteroatoms. The minimum absolute atomic E-state index is 0.363. The Kier molecular flexibility index (Phi) is 6.56. The maximum absolute atomic E-state index is 6.20. The number of hydrogen-bond donors (Lipinski definition) is 1. The normalized spacial score (nSPS) is 13.0. The molecule has 0 aliphatic carbocycles. The zero-order chi connectivity index (χ0) is 12.7. The molecule has 0 radical (unpaired) electrons. The molecule has 2 nitrogen and oxygen atoms in total. The summed E-state index contributed by atoms with van der Waals surface area (Å²) in [7, 11) is 2.15. The lowest BCUT2D eigenvalue weighted by Gasteiger charge is -2.25. The third-order valence-corrected chi connectivity index (χ3v) is 3.58. The van der Waals surface area contributed by atoms with Crippen molar-refractivity contribution in [3.8, 4) is 0 Å². The first-order valence-electron chi connectivity index (χ1n) is 6.31. The third-order valence-electron chi connectivity index (χ3n) is 3.23. The molecule has 0 aliphatic rings. The van der Waals surface area contributed by atoms with Gasteiger partial charge in [-0.3, -0.25) is 4.90 Å². The number of nitrogens with two attached hydrogens (primary N) is 1. The van der Waals surface area contributed by atoms with Gasteiger partial charge in [0.25, 0.3) is 0 Å². The molecule has 2 N–H and O–H groups in total. The van der Waals surface area contributed by atoms with E-state index in [-0.39, 0.29) is 0 Å². The van der Waals surface area contributed by atoms with Gasteiger partial charge in [0.2, 0.25) is 0 Å². The lowest BCUT2D eigenvalue weighted by molar-refractivity contribution is 0.256. The van der Waals surface area contributed by atoms with Gasteiger partial charge in [0, 0.05) is 11.1 Å². The Balaban J connectivity index is 2.46. The van der Waals surface area contributed by atoms with E-state index in [1.54, 1.807) is 0 Å². The number of halogens is 1. The van der Waals surface area contributed by atoms with E-state index in [1.165, 1.54) is 18.4 Å². The Morgan fingerprint density at radius 2 is 1.94 bits per heavy atom. The Labute approximate surface area is 110 Å². The highest BCUT2D eigenvalue weighted by Gasteiger charge is 2.13. The van der Waals surface area contributed by atoms with Crippen molar-refractivity contribution in [3.05, 3.63) is 34.9 Å². The van der Waals surface area contributed by atoms with Crippen molar-refractivity contribution >= 4 is 11.6 Å². The van der Waals surface area contributed by atoms with E-state index < -0.39 is 0 Å². The summed E-state index contributed by atoms with van der Waals surface area (Å²) in [6.45, 7) is 4.08. The van der Waals surface area contributed by atoms with Crippen LogP contribution in [0.25, 0.3) is 0 Å². The number of nitrogens with zero attached hydrogens (tertiary/aromatic N) is 1. The van der Waals surface area contributed by atoms with Gasteiger partial charge in [-0.25, -0.2) is 0 Å². The highest BCUT2D eigenvalue weighted by Crippen LogP contribution is 2.26. The van der Waals surface area contributed by atoms with Gasteiger partial charge in [-0.05, 0) is 51.5 Å². The van der Waals surface area contributed by atoms with Crippen LogP contribution in [0, 0.1) is 0 Å². The lowest BCUT2D eigenvalue weighted by atomic mass is 10.1. The molecular weight excluding hydrogens is 232 g/mol. The van der Waals surface area contributed by atoms with E-state index in [4.69, 9.17) is 17.3 Å². The maximum atomic E-state index is 6.20. The minimum Gasteiger partial charge on any atom is -0.330 e.